The van der Waals surface area contributed by atoms with Gasteiger partial charge in [-0.2, -0.15) is 5.10 Å². The molecule has 2 heterocycles. The first-order valence-corrected chi connectivity index (χ1v) is 11.9. The Balaban J connectivity index is 1.52. The van der Waals surface area contributed by atoms with Crippen molar-refractivity contribution in [2.45, 2.75) is 102 Å². The zero-order valence-electron chi connectivity index (χ0n) is 18.8. The Morgan fingerprint density at radius 2 is 1.61 bits per heavy atom. The monoisotopic (exact) mass is 429 g/mol. The molecule has 1 unspecified atom stereocenters. The molecular weight excluding hydrogens is 394 g/mol. The number of amides is 3. The third kappa shape index (κ3) is 4.34. The first-order valence-electron chi connectivity index (χ1n) is 11.9. The van der Waals surface area contributed by atoms with Crippen molar-refractivity contribution < 1.29 is 14.4 Å². The second-order valence-corrected chi connectivity index (χ2v) is 9.51. The van der Waals surface area contributed by atoms with Gasteiger partial charge in [-0.05, 0) is 39.5 Å². The number of carbonyl (C=O) groups is 3. The maximum absolute atomic E-state index is 13.2. The summed E-state index contributed by atoms with van der Waals surface area (Å²) in [4.78, 5) is 40.9. The summed E-state index contributed by atoms with van der Waals surface area (Å²) in [6, 6.07) is 1.92. The molecule has 0 radical (unpaired) electrons. The highest BCUT2D eigenvalue weighted by Gasteiger charge is 2.48. The molecule has 31 heavy (non-hydrogen) atoms. The molecule has 8 heteroatoms. The second kappa shape index (κ2) is 9.01. The van der Waals surface area contributed by atoms with E-state index in [0.29, 0.717) is 12.2 Å². The highest BCUT2D eigenvalue weighted by Crippen LogP contribution is 2.29. The van der Waals surface area contributed by atoms with Crippen molar-refractivity contribution in [1.82, 2.24) is 25.3 Å². The zero-order chi connectivity index (χ0) is 22.0. The zero-order valence-corrected chi connectivity index (χ0v) is 18.8. The minimum Gasteiger partial charge on any atom is -0.351 e. The van der Waals surface area contributed by atoms with E-state index in [2.05, 4.69) is 15.7 Å². The molecule has 4 rings (SSSR count). The summed E-state index contributed by atoms with van der Waals surface area (Å²) in [6.07, 6.45) is 10.9. The quantitative estimate of drug-likeness (QED) is 0.703. The van der Waals surface area contributed by atoms with E-state index in [9.17, 15) is 14.4 Å². The van der Waals surface area contributed by atoms with Crippen LogP contribution in [0.5, 0.6) is 0 Å². The summed E-state index contributed by atoms with van der Waals surface area (Å²) in [5, 5.41) is 10.7. The molecule has 0 aromatic carbocycles. The highest BCUT2D eigenvalue weighted by molar-refractivity contribution is 6.02. The van der Waals surface area contributed by atoms with Crippen LogP contribution in [0.2, 0.25) is 0 Å². The van der Waals surface area contributed by atoms with Crippen LogP contribution in [-0.2, 0) is 11.3 Å². The lowest BCUT2D eigenvalue weighted by atomic mass is 9.94. The van der Waals surface area contributed by atoms with E-state index >= 15 is 0 Å². The molecule has 2 N–H and O–H groups in total. The third-order valence-corrected chi connectivity index (χ3v) is 7.22. The average molecular weight is 430 g/mol. The predicted octanol–water partition coefficient (Wildman–Crippen LogP) is 2.63. The van der Waals surface area contributed by atoms with Crippen molar-refractivity contribution in [2.75, 3.05) is 6.54 Å². The van der Waals surface area contributed by atoms with Gasteiger partial charge in [0.05, 0.1) is 6.54 Å². The molecular formula is C23H35N5O3. The van der Waals surface area contributed by atoms with Crippen LogP contribution in [0.3, 0.4) is 0 Å². The van der Waals surface area contributed by atoms with Crippen LogP contribution >= 0.6 is 0 Å². The lowest BCUT2D eigenvalue weighted by molar-refractivity contribution is -0.133. The number of aromatic nitrogens is 2. The highest BCUT2D eigenvalue weighted by atomic mass is 16.2. The minimum atomic E-state index is -1.03. The lowest BCUT2D eigenvalue weighted by Gasteiger charge is -2.43. The third-order valence-electron chi connectivity index (χ3n) is 7.22. The van der Waals surface area contributed by atoms with Crippen LogP contribution in [-0.4, -0.2) is 56.6 Å². The molecule has 170 valence electrons. The van der Waals surface area contributed by atoms with Crippen molar-refractivity contribution in [1.29, 1.82) is 0 Å². The molecule has 1 aromatic heterocycles. The van der Waals surface area contributed by atoms with Crippen molar-refractivity contribution in [3.05, 3.63) is 17.5 Å². The van der Waals surface area contributed by atoms with E-state index in [1.165, 1.54) is 12.8 Å². The number of likely N-dealkylation sites (N-methyl/N-ethyl adjacent to an activating group) is 1. The summed E-state index contributed by atoms with van der Waals surface area (Å²) >= 11 is 0. The fourth-order valence-corrected chi connectivity index (χ4v) is 5.34. The molecule has 1 aromatic rings. The number of nitrogens with one attached hydrogen (secondary N) is 2. The van der Waals surface area contributed by atoms with Gasteiger partial charge in [-0.3, -0.25) is 19.1 Å². The number of fused-ring (bicyclic) bond motifs is 1. The Hall–Kier alpha value is -2.38. The SMILES string of the molecule is CCN1C(=O)c2cc(C(=O)NC3CCCCCC3)nn2CC1(C)C(=O)NC1CCCC1. The van der Waals surface area contributed by atoms with Gasteiger partial charge in [0.2, 0.25) is 5.91 Å². The van der Waals surface area contributed by atoms with E-state index in [1.54, 1.807) is 22.6 Å². The maximum atomic E-state index is 13.2. The number of carbonyl (C=O) groups excluding carboxylic acids is 3. The molecule has 1 atom stereocenters. The van der Waals surface area contributed by atoms with Crippen LogP contribution < -0.4 is 10.6 Å². The summed E-state index contributed by atoms with van der Waals surface area (Å²) in [5.74, 6) is -0.624. The molecule has 8 nitrogen and oxygen atoms in total. The van der Waals surface area contributed by atoms with E-state index in [-0.39, 0.29) is 42.0 Å². The van der Waals surface area contributed by atoms with Crippen molar-refractivity contribution in [3.8, 4) is 0 Å². The van der Waals surface area contributed by atoms with Crippen molar-refractivity contribution in [2.24, 2.45) is 0 Å². The predicted molar refractivity (Wildman–Crippen MR) is 117 cm³/mol. The van der Waals surface area contributed by atoms with Gasteiger partial charge in [0.1, 0.15) is 11.2 Å². The Morgan fingerprint density at radius 3 is 2.23 bits per heavy atom. The number of hydrogen-bond acceptors (Lipinski definition) is 4. The van der Waals surface area contributed by atoms with Crippen LogP contribution in [0.4, 0.5) is 0 Å². The van der Waals surface area contributed by atoms with Crippen molar-refractivity contribution >= 4 is 17.7 Å². The van der Waals surface area contributed by atoms with Crippen LogP contribution in [0.1, 0.15) is 99.0 Å². The minimum absolute atomic E-state index is 0.139. The summed E-state index contributed by atoms with van der Waals surface area (Å²) < 4.78 is 1.55. The Labute approximate surface area is 184 Å². The second-order valence-electron chi connectivity index (χ2n) is 9.51. The van der Waals surface area contributed by atoms with Crippen LogP contribution in [0.25, 0.3) is 0 Å². The maximum Gasteiger partial charge on any atom is 0.273 e. The molecule has 3 aliphatic rings. The van der Waals surface area contributed by atoms with Gasteiger partial charge in [-0.25, -0.2) is 0 Å². The Kier molecular flexibility index (Phi) is 6.34. The van der Waals surface area contributed by atoms with Gasteiger partial charge >= 0.3 is 0 Å². The number of rotatable bonds is 5. The smallest absolute Gasteiger partial charge is 0.273 e. The molecule has 2 fully saturated rings. The fourth-order valence-electron chi connectivity index (χ4n) is 5.34. The van der Waals surface area contributed by atoms with E-state index in [1.807, 2.05) is 6.92 Å². The van der Waals surface area contributed by atoms with Gasteiger partial charge in [0.15, 0.2) is 5.69 Å². The molecule has 0 saturated heterocycles. The fraction of sp³-hybridized carbons (Fsp3) is 0.739. The lowest BCUT2D eigenvalue weighted by Crippen LogP contribution is -2.64. The molecule has 1 aliphatic heterocycles. The molecule has 0 spiro atoms. The van der Waals surface area contributed by atoms with Gasteiger partial charge in [0, 0.05) is 24.7 Å². The van der Waals surface area contributed by atoms with Crippen LogP contribution in [0, 0.1) is 0 Å². The van der Waals surface area contributed by atoms with Crippen molar-refractivity contribution in [3.63, 3.8) is 0 Å². The van der Waals surface area contributed by atoms with E-state index in [0.717, 1.165) is 51.4 Å². The van der Waals surface area contributed by atoms with Gasteiger partial charge < -0.3 is 15.5 Å². The van der Waals surface area contributed by atoms with Gasteiger partial charge in [0.25, 0.3) is 11.8 Å². The molecule has 3 amide bonds. The Bertz CT molecular complexity index is 836. The normalized spacial score (nSPS) is 25.2. The van der Waals surface area contributed by atoms with Crippen LogP contribution in [0.15, 0.2) is 6.07 Å². The Morgan fingerprint density at radius 1 is 1.03 bits per heavy atom. The first kappa shape index (κ1) is 21.8. The first-order chi connectivity index (χ1) is 14.9. The van der Waals surface area contributed by atoms with E-state index in [4.69, 9.17) is 0 Å². The number of nitrogens with zero attached hydrogens (tertiary/aromatic N) is 3. The standard InChI is InChI=1S/C23H35N5O3/c1-3-27-21(30)19-14-18(20(29)24-16-10-6-4-5-7-11-16)26-28(19)15-23(27,2)22(31)25-17-12-8-9-13-17/h14,16-17H,3-13,15H2,1-2H3,(H,24,29)(H,25,31). The van der Waals surface area contributed by atoms with Gasteiger partial charge in [-0.15, -0.1) is 0 Å². The number of hydrogen-bond donors (Lipinski definition) is 2. The molecule has 2 saturated carbocycles. The summed E-state index contributed by atoms with van der Waals surface area (Å²) in [5.41, 5.74) is -0.397. The molecule has 0 bridgehead atoms. The summed E-state index contributed by atoms with van der Waals surface area (Å²) in [7, 11) is 0. The van der Waals surface area contributed by atoms with Gasteiger partial charge in [-0.1, -0.05) is 38.5 Å². The topological polar surface area (TPSA) is 96.3 Å². The summed E-state index contributed by atoms with van der Waals surface area (Å²) in [6.45, 7) is 4.35. The largest absolute Gasteiger partial charge is 0.351 e. The molecule has 2 aliphatic carbocycles. The van der Waals surface area contributed by atoms with E-state index < -0.39 is 5.54 Å². The average Bonchev–Trinajstić information content (AvgIpc) is 3.33.